The lowest BCUT2D eigenvalue weighted by molar-refractivity contribution is -0.118. The number of halogens is 1. The van der Waals surface area contributed by atoms with Gasteiger partial charge in [0.1, 0.15) is 0 Å². The third kappa shape index (κ3) is 3.55. The minimum Gasteiger partial charge on any atom is -0.304 e. The van der Waals surface area contributed by atoms with Gasteiger partial charge in [-0.2, -0.15) is 0 Å². The van der Waals surface area contributed by atoms with Gasteiger partial charge in [0.05, 0.1) is 10.9 Å². The largest absolute Gasteiger partial charge is 0.304 e. The van der Waals surface area contributed by atoms with Crippen LogP contribution in [0.3, 0.4) is 0 Å². The van der Waals surface area contributed by atoms with Crippen LogP contribution in [0, 0.1) is 0 Å². The Morgan fingerprint density at radius 3 is 2.60 bits per heavy atom. The molecule has 1 amide bonds. The van der Waals surface area contributed by atoms with Crippen LogP contribution >= 0.6 is 23.4 Å². The number of carbonyl (C=O) groups is 1. The van der Waals surface area contributed by atoms with E-state index in [4.69, 9.17) is 11.6 Å². The third-order valence-electron chi connectivity index (χ3n) is 4.12. The van der Waals surface area contributed by atoms with E-state index < -0.39 is 0 Å². The molecular formula is C20H15ClN2OS. The van der Waals surface area contributed by atoms with Crippen molar-refractivity contribution in [3.63, 3.8) is 0 Å². The van der Waals surface area contributed by atoms with Crippen molar-refractivity contribution in [3.05, 3.63) is 77.3 Å². The SMILES string of the molecule is O=C1NC(=Nc2ccc(Cl)cc2)S[C@@H]1Cc1cccc2ccccc12. The number of rotatable bonds is 3. The highest BCUT2D eigenvalue weighted by Gasteiger charge is 2.30. The van der Waals surface area contributed by atoms with E-state index in [1.54, 1.807) is 12.1 Å². The van der Waals surface area contributed by atoms with E-state index in [0.29, 0.717) is 16.6 Å². The standard InChI is InChI=1S/C20H15ClN2OS/c21-15-8-10-16(11-9-15)22-20-23-19(24)18(25-20)12-14-6-3-5-13-4-1-2-7-17(13)14/h1-11,18H,12H2,(H,22,23,24)/t18-/m1/s1. The molecule has 0 bridgehead atoms. The average molecular weight is 367 g/mol. The average Bonchev–Trinajstić information content (AvgIpc) is 2.96. The minimum absolute atomic E-state index is 0.00523. The molecule has 1 aliphatic heterocycles. The summed E-state index contributed by atoms with van der Waals surface area (Å²) in [7, 11) is 0. The Morgan fingerprint density at radius 2 is 1.76 bits per heavy atom. The van der Waals surface area contributed by atoms with Crippen LogP contribution in [-0.4, -0.2) is 16.3 Å². The molecule has 3 aromatic rings. The molecule has 0 saturated carbocycles. The van der Waals surface area contributed by atoms with Crippen molar-refractivity contribution < 1.29 is 4.79 Å². The van der Waals surface area contributed by atoms with Gasteiger partial charge in [-0.1, -0.05) is 65.8 Å². The maximum Gasteiger partial charge on any atom is 0.239 e. The van der Waals surface area contributed by atoms with Crippen molar-refractivity contribution in [2.45, 2.75) is 11.7 Å². The van der Waals surface area contributed by atoms with Crippen LogP contribution < -0.4 is 5.32 Å². The van der Waals surface area contributed by atoms with Crippen LogP contribution in [0.1, 0.15) is 5.56 Å². The van der Waals surface area contributed by atoms with Crippen LogP contribution in [-0.2, 0) is 11.2 Å². The normalized spacial score (nSPS) is 18.7. The molecule has 0 aliphatic carbocycles. The lowest BCUT2D eigenvalue weighted by Gasteiger charge is -2.09. The number of carbonyl (C=O) groups excluding carboxylic acids is 1. The Labute approximate surface area is 155 Å². The second kappa shape index (κ2) is 6.90. The molecule has 3 nitrogen and oxygen atoms in total. The maximum atomic E-state index is 12.3. The molecule has 1 aliphatic rings. The van der Waals surface area contributed by atoms with Gasteiger partial charge in [-0.15, -0.1) is 0 Å². The number of nitrogens with zero attached hydrogens (tertiary/aromatic N) is 1. The van der Waals surface area contributed by atoms with Gasteiger partial charge in [-0.3, -0.25) is 4.79 Å². The predicted molar refractivity (Wildman–Crippen MR) is 106 cm³/mol. The van der Waals surface area contributed by atoms with Crippen molar-refractivity contribution in [1.82, 2.24) is 5.32 Å². The molecule has 5 heteroatoms. The summed E-state index contributed by atoms with van der Waals surface area (Å²) in [6.07, 6.45) is 0.678. The molecule has 0 spiro atoms. The highest BCUT2D eigenvalue weighted by Crippen LogP contribution is 2.28. The second-order valence-electron chi connectivity index (χ2n) is 5.83. The number of benzene rings is 3. The van der Waals surface area contributed by atoms with Gasteiger partial charge < -0.3 is 5.32 Å². The molecule has 1 saturated heterocycles. The Balaban J connectivity index is 1.55. The molecule has 0 radical (unpaired) electrons. The fourth-order valence-electron chi connectivity index (χ4n) is 2.90. The third-order valence-corrected chi connectivity index (χ3v) is 5.45. The summed E-state index contributed by atoms with van der Waals surface area (Å²) in [4.78, 5) is 16.8. The highest BCUT2D eigenvalue weighted by molar-refractivity contribution is 8.15. The molecule has 124 valence electrons. The lowest BCUT2D eigenvalue weighted by atomic mass is 10.0. The zero-order valence-corrected chi connectivity index (χ0v) is 14.8. The molecule has 1 N–H and O–H groups in total. The van der Waals surface area contributed by atoms with Gasteiger partial charge >= 0.3 is 0 Å². The number of amides is 1. The van der Waals surface area contributed by atoms with Crippen LogP contribution in [0.5, 0.6) is 0 Å². The van der Waals surface area contributed by atoms with E-state index >= 15 is 0 Å². The Kier molecular flexibility index (Phi) is 4.47. The first kappa shape index (κ1) is 16.2. The second-order valence-corrected chi connectivity index (χ2v) is 7.46. The first-order valence-corrected chi connectivity index (χ1v) is 9.23. The van der Waals surface area contributed by atoms with Crippen molar-refractivity contribution in [1.29, 1.82) is 0 Å². The van der Waals surface area contributed by atoms with E-state index in [1.807, 2.05) is 30.3 Å². The highest BCUT2D eigenvalue weighted by atomic mass is 35.5. The number of nitrogens with one attached hydrogen (secondary N) is 1. The Morgan fingerprint density at radius 1 is 1.00 bits per heavy atom. The van der Waals surface area contributed by atoms with Crippen LogP contribution in [0.15, 0.2) is 71.7 Å². The van der Waals surface area contributed by atoms with Gasteiger partial charge in [0.25, 0.3) is 0 Å². The van der Waals surface area contributed by atoms with Crippen molar-refractivity contribution in [2.24, 2.45) is 4.99 Å². The molecule has 0 unspecified atom stereocenters. The minimum atomic E-state index is -0.170. The fraction of sp³-hybridized carbons (Fsp3) is 0.100. The summed E-state index contributed by atoms with van der Waals surface area (Å²) < 4.78 is 0. The predicted octanol–water partition coefficient (Wildman–Crippen LogP) is 4.96. The molecule has 1 fully saturated rings. The van der Waals surface area contributed by atoms with Crippen molar-refractivity contribution in [2.75, 3.05) is 0 Å². The molecule has 4 rings (SSSR count). The van der Waals surface area contributed by atoms with E-state index in [2.05, 4.69) is 34.6 Å². The molecule has 1 atom stereocenters. The zero-order valence-electron chi connectivity index (χ0n) is 13.3. The number of hydrogen-bond acceptors (Lipinski definition) is 3. The topological polar surface area (TPSA) is 41.5 Å². The summed E-state index contributed by atoms with van der Waals surface area (Å²) in [5.74, 6) is 0.00523. The number of hydrogen-bond donors (Lipinski definition) is 1. The monoisotopic (exact) mass is 366 g/mol. The first-order chi connectivity index (χ1) is 12.2. The maximum absolute atomic E-state index is 12.3. The summed E-state index contributed by atoms with van der Waals surface area (Å²) in [5.41, 5.74) is 1.96. The summed E-state index contributed by atoms with van der Waals surface area (Å²) in [5, 5.41) is 6.40. The number of fused-ring (bicyclic) bond motifs is 1. The Bertz CT molecular complexity index is 964. The van der Waals surface area contributed by atoms with Gasteiger partial charge in [-0.05, 0) is 47.0 Å². The summed E-state index contributed by atoms with van der Waals surface area (Å²) >= 11 is 7.37. The smallest absolute Gasteiger partial charge is 0.239 e. The van der Waals surface area contributed by atoms with Gasteiger partial charge in [0.15, 0.2) is 5.17 Å². The number of aliphatic imine (C=N–C) groups is 1. The summed E-state index contributed by atoms with van der Waals surface area (Å²) in [6, 6.07) is 21.7. The lowest BCUT2D eigenvalue weighted by Crippen LogP contribution is -2.26. The van der Waals surface area contributed by atoms with Gasteiger partial charge in [0, 0.05) is 5.02 Å². The van der Waals surface area contributed by atoms with E-state index in [-0.39, 0.29) is 11.2 Å². The zero-order chi connectivity index (χ0) is 17.2. The fourth-order valence-corrected chi connectivity index (χ4v) is 4.04. The van der Waals surface area contributed by atoms with Crippen LogP contribution in [0.4, 0.5) is 5.69 Å². The van der Waals surface area contributed by atoms with Crippen molar-refractivity contribution in [3.8, 4) is 0 Å². The molecule has 25 heavy (non-hydrogen) atoms. The van der Waals surface area contributed by atoms with E-state index in [9.17, 15) is 4.79 Å². The number of thioether (sulfide) groups is 1. The van der Waals surface area contributed by atoms with Crippen LogP contribution in [0.2, 0.25) is 5.02 Å². The van der Waals surface area contributed by atoms with E-state index in [1.165, 1.54) is 28.1 Å². The number of amidine groups is 1. The van der Waals surface area contributed by atoms with E-state index in [0.717, 1.165) is 5.69 Å². The quantitative estimate of drug-likeness (QED) is 0.712. The molecule has 3 aromatic carbocycles. The molecule has 1 heterocycles. The summed E-state index contributed by atoms with van der Waals surface area (Å²) in [6.45, 7) is 0. The van der Waals surface area contributed by atoms with Crippen molar-refractivity contribution >= 4 is 50.9 Å². The first-order valence-electron chi connectivity index (χ1n) is 7.97. The Hall–Kier alpha value is -2.30. The molecule has 0 aromatic heterocycles. The molecular weight excluding hydrogens is 352 g/mol. The van der Waals surface area contributed by atoms with Gasteiger partial charge in [0.2, 0.25) is 5.91 Å². The van der Waals surface area contributed by atoms with Gasteiger partial charge in [-0.25, -0.2) is 4.99 Å². The van der Waals surface area contributed by atoms with Crippen LogP contribution in [0.25, 0.3) is 10.8 Å².